The van der Waals surface area contributed by atoms with Crippen molar-refractivity contribution in [1.82, 2.24) is 4.90 Å². The molecule has 0 spiro atoms. The molecule has 2 N–H and O–H groups in total. The van der Waals surface area contributed by atoms with Gasteiger partial charge in [-0.05, 0) is 73.4 Å². The second-order valence-corrected chi connectivity index (χ2v) is 9.97. The van der Waals surface area contributed by atoms with E-state index in [9.17, 15) is 40.3 Å². The number of hydrogen-bond donors (Lipinski definition) is 1. The zero-order valence-corrected chi connectivity index (χ0v) is 19.0. The lowest BCUT2D eigenvalue weighted by atomic mass is 9.82. The number of benzene rings is 2. The molecule has 2 saturated carbocycles. The van der Waals surface area contributed by atoms with E-state index >= 15 is 4.39 Å². The summed E-state index contributed by atoms with van der Waals surface area (Å²) >= 11 is 0. The minimum atomic E-state index is -5.13. The summed E-state index contributed by atoms with van der Waals surface area (Å²) in [6, 6.07) is 2.92. The van der Waals surface area contributed by atoms with Gasteiger partial charge in [0, 0.05) is 11.5 Å². The fourth-order valence-corrected chi connectivity index (χ4v) is 6.03. The molecule has 0 radical (unpaired) electrons. The lowest BCUT2D eigenvalue weighted by molar-refractivity contribution is -0.140. The molecule has 1 aliphatic heterocycles. The standard InChI is InChI=1S/C25H20F8N2O2/c26-17-9-16(25(31,32)33)18(27)8-15(17)20(11-4-5-11)23-10-14(23)7-19(21(34)36)35(23)22(37)12-2-1-3-13(6-12)24(28,29)30/h1-3,6,8-9,11,14,19-20H,4-5,7,10H2,(H2,34,36)/t14?,19?,20-,23?/m1/s1. The van der Waals surface area contributed by atoms with Gasteiger partial charge in [-0.2, -0.15) is 26.3 Å². The van der Waals surface area contributed by atoms with Crippen molar-refractivity contribution in [2.24, 2.45) is 17.6 Å². The Morgan fingerprint density at radius 2 is 1.65 bits per heavy atom. The van der Waals surface area contributed by atoms with Crippen molar-refractivity contribution >= 4 is 11.8 Å². The van der Waals surface area contributed by atoms with Crippen LogP contribution in [0.1, 0.15) is 58.6 Å². The molecule has 0 aromatic heterocycles. The maximum atomic E-state index is 15.1. The van der Waals surface area contributed by atoms with Gasteiger partial charge in [0.25, 0.3) is 5.91 Å². The van der Waals surface area contributed by atoms with Crippen molar-refractivity contribution in [1.29, 1.82) is 0 Å². The summed E-state index contributed by atoms with van der Waals surface area (Å²) in [4.78, 5) is 27.0. The second-order valence-electron chi connectivity index (χ2n) is 9.97. The smallest absolute Gasteiger partial charge is 0.368 e. The van der Waals surface area contributed by atoms with Gasteiger partial charge in [-0.3, -0.25) is 9.59 Å². The number of nitrogens with two attached hydrogens (primary N) is 1. The van der Waals surface area contributed by atoms with Crippen molar-refractivity contribution in [2.45, 2.75) is 55.5 Å². The Morgan fingerprint density at radius 1 is 0.973 bits per heavy atom. The molecule has 2 aromatic rings. The van der Waals surface area contributed by atoms with E-state index in [1.54, 1.807) is 0 Å². The monoisotopic (exact) mass is 532 g/mol. The van der Waals surface area contributed by atoms with Crippen LogP contribution in [0.4, 0.5) is 35.1 Å². The minimum Gasteiger partial charge on any atom is -0.368 e. The van der Waals surface area contributed by atoms with Crippen LogP contribution in [-0.2, 0) is 17.1 Å². The molecule has 1 heterocycles. The lowest BCUT2D eigenvalue weighted by Crippen LogP contribution is -2.53. The quantitative estimate of drug-likeness (QED) is 0.506. The first-order valence-electron chi connectivity index (χ1n) is 11.5. The van der Waals surface area contributed by atoms with Gasteiger partial charge in [-0.25, -0.2) is 8.78 Å². The lowest BCUT2D eigenvalue weighted by Gasteiger charge is -2.39. The van der Waals surface area contributed by atoms with Crippen LogP contribution in [0.3, 0.4) is 0 Å². The van der Waals surface area contributed by atoms with Crippen LogP contribution in [0.2, 0.25) is 0 Å². The van der Waals surface area contributed by atoms with Gasteiger partial charge in [-0.15, -0.1) is 0 Å². The van der Waals surface area contributed by atoms with Crippen LogP contribution >= 0.6 is 0 Å². The molecule has 4 atom stereocenters. The molecular formula is C25H20F8N2O2. The van der Waals surface area contributed by atoms with E-state index in [-0.39, 0.29) is 36.0 Å². The van der Waals surface area contributed by atoms with E-state index in [1.807, 2.05) is 0 Å². The van der Waals surface area contributed by atoms with E-state index in [4.69, 9.17) is 5.73 Å². The summed E-state index contributed by atoms with van der Waals surface area (Å²) in [6.07, 6.45) is -8.54. The SMILES string of the molecule is NC(=O)C1CC2CC2([C@@H](c2cc(F)c(C(F)(F)F)cc2F)C2CC2)N1C(=O)c1cccc(C(F)(F)F)c1. The van der Waals surface area contributed by atoms with Gasteiger partial charge < -0.3 is 10.6 Å². The highest BCUT2D eigenvalue weighted by atomic mass is 19.4. The van der Waals surface area contributed by atoms with Crippen LogP contribution < -0.4 is 5.73 Å². The van der Waals surface area contributed by atoms with Gasteiger partial charge in [0.1, 0.15) is 17.7 Å². The number of alkyl halides is 6. The van der Waals surface area contributed by atoms with Crippen LogP contribution in [0.15, 0.2) is 36.4 Å². The topological polar surface area (TPSA) is 63.4 Å². The Labute approximate surface area is 205 Å². The first kappa shape index (κ1) is 25.5. The maximum Gasteiger partial charge on any atom is 0.419 e. The highest BCUT2D eigenvalue weighted by Gasteiger charge is 2.73. The molecule has 2 aromatic carbocycles. The number of piperidine rings is 1. The van der Waals surface area contributed by atoms with Gasteiger partial charge >= 0.3 is 12.4 Å². The molecule has 2 amide bonds. The summed E-state index contributed by atoms with van der Waals surface area (Å²) in [5, 5.41) is 0. The summed E-state index contributed by atoms with van der Waals surface area (Å²) < 4.78 is 109. The highest BCUT2D eigenvalue weighted by molar-refractivity contribution is 5.99. The number of primary amides is 1. The molecular weight excluding hydrogens is 512 g/mol. The predicted octanol–water partition coefficient (Wildman–Crippen LogP) is 5.65. The zero-order valence-electron chi connectivity index (χ0n) is 19.0. The van der Waals surface area contributed by atoms with Gasteiger partial charge in [0.15, 0.2) is 0 Å². The fourth-order valence-electron chi connectivity index (χ4n) is 6.03. The number of carbonyl (C=O) groups excluding carboxylic acids is 2. The van der Waals surface area contributed by atoms with Crippen molar-refractivity contribution in [2.75, 3.05) is 0 Å². The Morgan fingerprint density at radius 3 is 2.22 bits per heavy atom. The summed E-state index contributed by atoms with van der Waals surface area (Å²) in [5.74, 6) is -6.53. The first-order chi connectivity index (χ1) is 17.2. The number of rotatable bonds is 5. The van der Waals surface area contributed by atoms with E-state index in [1.165, 1.54) is 0 Å². The van der Waals surface area contributed by atoms with Gasteiger partial charge in [0.05, 0.1) is 16.7 Å². The molecule has 3 unspecified atom stereocenters. The van der Waals surface area contributed by atoms with E-state index in [2.05, 4.69) is 0 Å². The normalized spacial score (nSPS) is 26.1. The number of likely N-dealkylation sites (tertiary alicyclic amines) is 1. The Kier molecular flexibility index (Phi) is 5.62. The van der Waals surface area contributed by atoms with Crippen molar-refractivity contribution in [3.8, 4) is 0 Å². The van der Waals surface area contributed by atoms with Crippen molar-refractivity contribution in [3.05, 3.63) is 70.3 Å². The predicted molar refractivity (Wildman–Crippen MR) is 113 cm³/mol. The fraction of sp³-hybridized carbons (Fsp3) is 0.440. The minimum absolute atomic E-state index is 0.0635. The summed E-state index contributed by atoms with van der Waals surface area (Å²) in [5.41, 5.74) is 0.635. The second kappa shape index (κ2) is 8.16. The van der Waals surface area contributed by atoms with Crippen LogP contribution in [-0.4, -0.2) is 28.3 Å². The number of halogens is 8. The van der Waals surface area contributed by atoms with Crippen LogP contribution in [0.25, 0.3) is 0 Å². The maximum absolute atomic E-state index is 15.1. The molecule has 37 heavy (non-hydrogen) atoms. The average Bonchev–Trinajstić information content (AvgIpc) is 3.72. The third kappa shape index (κ3) is 4.14. The van der Waals surface area contributed by atoms with E-state index in [0.29, 0.717) is 25.0 Å². The molecule has 4 nitrogen and oxygen atoms in total. The third-order valence-electron chi connectivity index (χ3n) is 7.73. The molecule has 0 bridgehead atoms. The summed E-state index contributed by atoms with van der Waals surface area (Å²) in [6.45, 7) is 0. The highest BCUT2D eigenvalue weighted by Crippen LogP contribution is 2.69. The van der Waals surface area contributed by atoms with Crippen LogP contribution in [0, 0.1) is 23.5 Å². The molecule has 1 saturated heterocycles. The largest absolute Gasteiger partial charge is 0.419 e. The van der Waals surface area contributed by atoms with E-state index < -0.39 is 70.3 Å². The summed E-state index contributed by atoms with van der Waals surface area (Å²) in [7, 11) is 0. The Balaban J connectivity index is 1.61. The molecule has 198 valence electrons. The number of amides is 2. The molecule has 2 aliphatic carbocycles. The number of carbonyl (C=O) groups is 2. The Bertz CT molecular complexity index is 1290. The molecule has 5 rings (SSSR count). The van der Waals surface area contributed by atoms with Crippen molar-refractivity contribution < 1.29 is 44.7 Å². The van der Waals surface area contributed by atoms with E-state index in [0.717, 1.165) is 23.1 Å². The van der Waals surface area contributed by atoms with Crippen molar-refractivity contribution in [3.63, 3.8) is 0 Å². The number of nitrogens with zero attached hydrogens (tertiary/aromatic N) is 1. The zero-order chi connectivity index (χ0) is 27.1. The van der Waals surface area contributed by atoms with Gasteiger partial charge in [0.2, 0.25) is 5.91 Å². The molecule has 12 heteroatoms. The number of fused-ring (bicyclic) bond motifs is 1. The number of hydrogen-bond acceptors (Lipinski definition) is 2. The Hall–Kier alpha value is -3.18. The molecule has 3 aliphatic rings. The average molecular weight is 532 g/mol. The first-order valence-corrected chi connectivity index (χ1v) is 11.5. The van der Waals surface area contributed by atoms with Gasteiger partial charge in [-0.1, -0.05) is 6.07 Å². The third-order valence-corrected chi connectivity index (χ3v) is 7.73. The molecule has 3 fully saturated rings. The van der Waals surface area contributed by atoms with Crippen LogP contribution in [0.5, 0.6) is 0 Å².